The van der Waals surface area contributed by atoms with E-state index in [1.807, 2.05) is 0 Å². The SMILES string of the molecule is CCOC(=O)CC1=NS(=O)(=O)C=CN1. The molecule has 78 valence electrons. The number of rotatable bonds is 3. The van der Waals surface area contributed by atoms with Gasteiger partial charge in [-0.25, -0.2) is 0 Å². The molecule has 0 aliphatic carbocycles. The van der Waals surface area contributed by atoms with Gasteiger partial charge in [-0.05, 0) is 6.92 Å². The van der Waals surface area contributed by atoms with Crippen LogP contribution in [0.3, 0.4) is 0 Å². The van der Waals surface area contributed by atoms with Crippen molar-refractivity contribution in [3.8, 4) is 0 Å². The Balaban J connectivity index is 2.63. The van der Waals surface area contributed by atoms with Gasteiger partial charge in [0.2, 0.25) is 0 Å². The Morgan fingerprint density at radius 1 is 1.64 bits per heavy atom. The Bertz CT molecular complexity index is 382. The van der Waals surface area contributed by atoms with Crippen LogP contribution in [0.2, 0.25) is 0 Å². The minimum atomic E-state index is -3.56. The molecule has 0 radical (unpaired) electrons. The molecule has 1 heterocycles. The second kappa shape index (κ2) is 4.23. The summed E-state index contributed by atoms with van der Waals surface area (Å²) < 4.78 is 29.8. The third-order valence-corrected chi connectivity index (χ3v) is 2.30. The molecule has 0 atom stereocenters. The zero-order chi connectivity index (χ0) is 10.6. The van der Waals surface area contributed by atoms with Gasteiger partial charge in [0, 0.05) is 6.20 Å². The van der Waals surface area contributed by atoms with Crippen LogP contribution in [0.5, 0.6) is 0 Å². The number of hydrogen-bond acceptors (Lipinski definition) is 5. The van der Waals surface area contributed by atoms with Crippen LogP contribution >= 0.6 is 0 Å². The van der Waals surface area contributed by atoms with Crippen LogP contribution in [0, 0.1) is 0 Å². The van der Waals surface area contributed by atoms with Gasteiger partial charge in [0.05, 0.1) is 12.0 Å². The van der Waals surface area contributed by atoms with E-state index in [9.17, 15) is 13.2 Å². The fourth-order valence-electron chi connectivity index (χ4n) is 0.859. The standard InChI is InChI=1S/C7H10N2O4S/c1-2-13-7(10)5-6-8-3-4-14(11,12)9-6/h3-4H,2,5H2,1H3,(H,8,9). The van der Waals surface area contributed by atoms with E-state index in [-0.39, 0.29) is 18.9 Å². The van der Waals surface area contributed by atoms with E-state index in [4.69, 9.17) is 0 Å². The Morgan fingerprint density at radius 3 is 2.93 bits per heavy atom. The minimum absolute atomic E-state index is 0.0750. The molecule has 0 saturated carbocycles. The smallest absolute Gasteiger partial charge is 0.313 e. The summed E-state index contributed by atoms with van der Waals surface area (Å²) in [7, 11) is -3.56. The first kappa shape index (κ1) is 10.7. The van der Waals surface area contributed by atoms with Gasteiger partial charge in [0.15, 0.2) is 0 Å². The van der Waals surface area contributed by atoms with Gasteiger partial charge in [-0.15, -0.1) is 4.40 Å². The van der Waals surface area contributed by atoms with Crippen LogP contribution in [-0.2, 0) is 19.6 Å². The van der Waals surface area contributed by atoms with Gasteiger partial charge in [-0.1, -0.05) is 0 Å². The first-order valence-corrected chi connectivity index (χ1v) is 5.46. The normalized spacial score (nSPS) is 18.2. The topological polar surface area (TPSA) is 84.8 Å². The average Bonchev–Trinajstić information content (AvgIpc) is 2.02. The van der Waals surface area contributed by atoms with Crippen LogP contribution in [0.25, 0.3) is 0 Å². The largest absolute Gasteiger partial charge is 0.466 e. The number of esters is 1. The van der Waals surface area contributed by atoms with Crippen molar-refractivity contribution in [2.24, 2.45) is 4.40 Å². The van der Waals surface area contributed by atoms with Crippen molar-refractivity contribution in [3.63, 3.8) is 0 Å². The molecule has 0 aromatic carbocycles. The molecule has 1 aliphatic rings. The van der Waals surface area contributed by atoms with Crippen molar-refractivity contribution in [2.75, 3.05) is 6.61 Å². The van der Waals surface area contributed by atoms with E-state index < -0.39 is 16.0 Å². The highest BCUT2D eigenvalue weighted by molar-refractivity contribution is 7.93. The Morgan fingerprint density at radius 2 is 2.36 bits per heavy atom. The number of ether oxygens (including phenoxy) is 1. The van der Waals surface area contributed by atoms with Crippen molar-refractivity contribution in [1.82, 2.24) is 5.32 Å². The maximum Gasteiger partial charge on any atom is 0.313 e. The van der Waals surface area contributed by atoms with E-state index in [1.54, 1.807) is 6.92 Å². The highest BCUT2D eigenvalue weighted by Crippen LogP contribution is 2.02. The Kier molecular flexibility index (Phi) is 3.23. The number of amidine groups is 1. The molecule has 0 bridgehead atoms. The molecule has 0 aromatic heterocycles. The summed E-state index contributed by atoms with van der Waals surface area (Å²) in [6.07, 6.45) is 1.05. The molecule has 0 saturated heterocycles. The zero-order valence-corrected chi connectivity index (χ0v) is 8.37. The highest BCUT2D eigenvalue weighted by atomic mass is 32.2. The second-order valence-electron chi connectivity index (χ2n) is 2.48. The minimum Gasteiger partial charge on any atom is -0.466 e. The lowest BCUT2D eigenvalue weighted by Gasteiger charge is -2.08. The molecular weight excluding hydrogens is 208 g/mol. The molecular formula is C7H10N2O4S. The van der Waals surface area contributed by atoms with E-state index in [0.29, 0.717) is 0 Å². The molecule has 14 heavy (non-hydrogen) atoms. The van der Waals surface area contributed by atoms with Crippen molar-refractivity contribution in [2.45, 2.75) is 13.3 Å². The number of nitrogens with one attached hydrogen (secondary N) is 1. The summed E-state index contributed by atoms with van der Waals surface area (Å²) in [5, 5.41) is 3.47. The van der Waals surface area contributed by atoms with Gasteiger partial charge < -0.3 is 10.1 Å². The molecule has 0 aromatic rings. The molecule has 1 aliphatic heterocycles. The summed E-state index contributed by atoms with van der Waals surface area (Å²) in [5.74, 6) is -0.435. The number of carbonyl (C=O) groups excluding carboxylic acids is 1. The molecule has 1 N–H and O–H groups in total. The average molecular weight is 218 g/mol. The predicted octanol–water partition coefficient (Wildman–Crippen LogP) is -0.258. The summed E-state index contributed by atoms with van der Waals surface area (Å²) >= 11 is 0. The van der Waals surface area contributed by atoms with E-state index in [1.165, 1.54) is 6.20 Å². The van der Waals surface area contributed by atoms with Crippen molar-refractivity contribution in [3.05, 3.63) is 11.6 Å². The molecule has 0 spiro atoms. The van der Waals surface area contributed by atoms with Gasteiger partial charge in [0.25, 0.3) is 10.0 Å². The van der Waals surface area contributed by atoms with E-state index in [0.717, 1.165) is 5.41 Å². The van der Waals surface area contributed by atoms with Crippen LogP contribution in [-0.4, -0.2) is 26.8 Å². The molecule has 0 unspecified atom stereocenters. The van der Waals surface area contributed by atoms with Crippen LogP contribution < -0.4 is 5.32 Å². The highest BCUT2D eigenvalue weighted by Gasteiger charge is 2.14. The number of sulfonamides is 1. The fraction of sp³-hybridized carbons (Fsp3) is 0.429. The van der Waals surface area contributed by atoms with Crippen molar-refractivity contribution >= 4 is 21.8 Å². The first-order valence-electron chi connectivity index (χ1n) is 3.96. The number of carbonyl (C=O) groups is 1. The van der Waals surface area contributed by atoms with Crippen LogP contribution in [0.1, 0.15) is 13.3 Å². The zero-order valence-electron chi connectivity index (χ0n) is 7.56. The van der Waals surface area contributed by atoms with Crippen molar-refractivity contribution in [1.29, 1.82) is 0 Å². The maximum atomic E-state index is 11.0. The molecule has 0 amide bonds. The van der Waals surface area contributed by atoms with Gasteiger partial charge in [-0.2, -0.15) is 8.42 Å². The lowest BCUT2D eigenvalue weighted by atomic mass is 10.4. The van der Waals surface area contributed by atoms with Crippen molar-refractivity contribution < 1.29 is 17.9 Å². The summed E-state index contributed by atoms with van der Waals surface area (Å²) in [6, 6.07) is 0. The van der Waals surface area contributed by atoms with Gasteiger partial charge >= 0.3 is 5.97 Å². The first-order chi connectivity index (χ1) is 6.53. The quantitative estimate of drug-likeness (QED) is 0.660. The Labute approximate surface area is 81.7 Å². The van der Waals surface area contributed by atoms with E-state index >= 15 is 0 Å². The van der Waals surface area contributed by atoms with Gasteiger partial charge in [0.1, 0.15) is 12.3 Å². The molecule has 1 rings (SSSR count). The molecule has 6 nitrogen and oxygen atoms in total. The summed E-state index contributed by atoms with van der Waals surface area (Å²) in [4.78, 5) is 11.0. The summed E-state index contributed by atoms with van der Waals surface area (Å²) in [5.41, 5.74) is 0. The monoisotopic (exact) mass is 218 g/mol. The fourth-order valence-corrected chi connectivity index (χ4v) is 1.58. The maximum absolute atomic E-state index is 11.0. The second-order valence-corrected chi connectivity index (χ2v) is 3.97. The van der Waals surface area contributed by atoms with E-state index in [2.05, 4.69) is 14.5 Å². The Hall–Kier alpha value is -1.37. The molecule has 0 fully saturated rings. The third-order valence-electron chi connectivity index (χ3n) is 1.34. The lowest BCUT2D eigenvalue weighted by molar-refractivity contribution is -0.141. The van der Waals surface area contributed by atoms with Crippen LogP contribution in [0.15, 0.2) is 16.0 Å². The number of nitrogens with zero attached hydrogens (tertiary/aromatic N) is 1. The summed E-state index contributed by atoms with van der Waals surface area (Å²) in [6.45, 7) is 1.93. The third kappa shape index (κ3) is 3.17. The predicted molar refractivity (Wildman–Crippen MR) is 49.9 cm³/mol. The van der Waals surface area contributed by atoms with Crippen LogP contribution in [0.4, 0.5) is 0 Å². The molecule has 7 heteroatoms. The number of hydrogen-bond donors (Lipinski definition) is 1. The van der Waals surface area contributed by atoms with Gasteiger partial charge in [-0.3, -0.25) is 4.79 Å². The lowest BCUT2D eigenvalue weighted by Crippen LogP contribution is -2.26.